The molecule has 0 unspecified atom stereocenters. The highest BCUT2D eigenvalue weighted by Gasteiger charge is 2.29. The Balaban J connectivity index is 1.56. The fraction of sp³-hybridized carbons (Fsp3) is 0.208. The first-order valence-electron chi connectivity index (χ1n) is 9.46. The van der Waals surface area contributed by atoms with Gasteiger partial charge in [0.25, 0.3) is 0 Å². The van der Waals surface area contributed by atoms with Crippen LogP contribution in [0.3, 0.4) is 0 Å². The molecule has 0 radical (unpaired) electrons. The molecule has 0 fully saturated rings. The Bertz CT molecular complexity index is 985. The van der Waals surface area contributed by atoms with Crippen molar-refractivity contribution in [2.24, 2.45) is 5.10 Å². The van der Waals surface area contributed by atoms with Gasteiger partial charge in [-0.2, -0.15) is 18.3 Å². The molecule has 3 rings (SSSR count). The first-order valence-corrected chi connectivity index (χ1v) is 9.46. The highest BCUT2D eigenvalue weighted by Crippen LogP contribution is 2.30. The van der Waals surface area contributed by atoms with Crippen molar-refractivity contribution in [2.75, 3.05) is 5.43 Å². The summed E-state index contributed by atoms with van der Waals surface area (Å²) in [5, 5.41) is 4.05. The van der Waals surface area contributed by atoms with Gasteiger partial charge in [0.1, 0.15) is 11.5 Å². The summed E-state index contributed by atoms with van der Waals surface area (Å²) in [6.07, 6.45) is -2.76. The quantitative estimate of drug-likeness (QED) is 0.354. The molecule has 0 heterocycles. The van der Waals surface area contributed by atoms with Gasteiger partial charge in [0, 0.05) is 0 Å². The normalized spacial score (nSPS) is 12.2. The van der Waals surface area contributed by atoms with Crippen LogP contribution in [0.2, 0.25) is 0 Å². The van der Waals surface area contributed by atoms with Gasteiger partial charge in [0.2, 0.25) is 0 Å². The molecular weight excluding hydrogens is 389 g/mol. The molecule has 0 aliphatic heterocycles. The van der Waals surface area contributed by atoms with Crippen molar-refractivity contribution in [3.05, 3.63) is 89.5 Å². The third-order valence-corrected chi connectivity index (χ3v) is 4.46. The van der Waals surface area contributed by atoms with Gasteiger partial charge in [-0.15, -0.1) is 0 Å². The van der Waals surface area contributed by atoms with Crippen LogP contribution in [0.4, 0.5) is 18.9 Å². The summed E-state index contributed by atoms with van der Waals surface area (Å²) < 4.78 is 43.6. The smallest absolute Gasteiger partial charge is 0.416 e. The average Bonchev–Trinajstić information content (AvgIpc) is 2.69. The second-order valence-electron chi connectivity index (χ2n) is 7.89. The first-order chi connectivity index (χ1) is 14.1. The number of ether oxygens (including phenoxy) is 1. The van der Waals surface area contributed by atoms with E-state index >= 15 is 0 Å². The predicted molar refractivity (Wildman–Crippen MR) is 114 cm³/mol. The zero-order chi connectivity index (χ0) is 21.8. The van der Waals surface area contributed by atoms with Crippen LogP contribution in [0.25, 0.3) is 0 Å². The topological polar surface area (TPSA) is 33.6 Å². The molecule has 156 valence electrons. The number of nitrogens with one attached hydrogen (secondary N) is 1. The minimum atomic E-state index is -4.35. The Morgan fingerprint density at radius 1 is 0.733 bits per heavy atom. The van der Waals surface area contributed by atoms with Crippen LogP contribution in [0.15, 0.2) is 77.9 Å². The fourth-order valence-electron chi connectivity index (χ4n) is 2.70. The van der Waals surface area contributed by atoms with E-state index in [4.69, 9.17) is 4.74 Å². The Labute approximate surface area is 174 Å². The third-order valence-electron chi connectivity index (χ3n) is 4.46. The summed E-state index contributed by atoms with van der Waals surface area (Å²) in [4.78, 5) is 0. The number of hydrogen-bond acceptors (Lipinski definition) is 3. The van der Waals surface area contributed by atoms with Crippen molar-refractivity contribution in [1.29, 1.82) is 0 Å². The Kier molecular flexibility index (Phi) is 6.15. The third kappa shape index (κ3) is 5.86. The maximum absolute atomic E-state index is 12.6. The molecule has 0 aromatic heterocycles. The van der Waals surface area contributed by atoms with Crippen molar-refractivity contribution in [1.82, 2.24) is 0 Å². The lowest BCUT2D eigenvalue weighted by Crippen LogP contribution is -2.10. The maximum Gasteiger partial charge on any atom is 0.416 e. The van der Waals surface area contributed by atoms with E-state index in [0.717, 1.165) is 23.4 Å². The standard InChI is InChI=1S/C24H23F3N2O/c1-23(2,3)18-8-14-22(15-9-18)30-21-12-4-17(5-13-21)16-28-29-20-10-6-19(7-11-20)24(25,26)27/h4-16,29H,1-3H3. The van der Waals surface area contributed by atoms with E-state index in [9.17, 15) is 13.2 Å². The first kappa shape index (κ1) is 21.4. The largest absolute Gasteiger partial charge is 0.457 e. The van der Waals surface area contributed by atoms with E-state index in [1.165, 1.54) is 17.7 Å². The summed E-state index contributed by atoms with van der Waals surface area (Å²) >= 11 is 0. The molecule has 0 atom stereocenters. The Morgan fingerprint density at radius 3 is 1.73 bits per heavy atom. The number of halogens is 3. The molecule has 0 saturated carbocycles. The van der Waals surface area contributed by atoms with Crippen molar-refractivity contribution in [3.8, 4) is 11.5 Å². The maximum atomic E-state index is 12.6. The van der Waals surface area contributed by atoms with Crippen molar-refractivity contribution in [3.63, 3.8) is 0 Å². The van der Waals surface area contributed by atoms with E-state index in [0.29, 0.717) is 11.4 Å². The summed E-state index contributed by atoms with van der Waals surface area (Å²) in [5.74, 6) is 1.46. The molecule has 3 nitrogen and oxygen atoms in total. The molecule has 0 amide bonds. The lowest BCUT2D eigenvalue weighted by molar-refractivity contribution is -0.137. The lowest BCUT2D eigenvalue weighted by Gasteiger charge is -2.19. The fourth-order valence-corrected chi connectivity index (χ4v) is 2.70. The summed E-state index contributed by atoms with van der Waals surface area (Å²) in [6, 6.07) is 20.1. The number of benzene rings is 3. The van der Waals surface area contributed by atoms with Crippen LogP contribution in [0.5, 0.6) is 11.5 Å². The van der Waals surface area contributed by atoms with E-state index in [1.54, 1.807) is 6.21 Å². The number of rotatable bonds is 5. The predicted octanol–water partition coefficient (Wildman–Crippen LogP) is 7.24. The zero-order valence-corrected chi connectivity index (χ0v) is 17.0. The van der Waals surface area contributed by atoms with Crippen molar-refractivity contribution < 1.29 is 17.9 Å². The van der Waals surface area contributed by atoms with Crippen LogP contribution in [-0.4, -0.2) is 6.21 Å². The molecule has 0 bridgehead atoms. The van der Waals surface area contributed by atoms with Gasteiger partial charge in [-0.05, 0) is 77.2 Å². The second kappa shape index (κ2) is 8.61. The Morgan fingerprint density at radius 2 is 1.23 bits per heavy atom. The number of hydrazone groups is 1. The van der Waals surface area contributed by atoms with Gasteiger partial charge >= 0.3 is 6.18 Å². The van der Waals surface area contributed by atoms with E-state index in [-0.39, 0.29) is 5.41 Å². The van der Waals surface area contributed by atoms with E-state index in [2.05, 4.69) is 43.4 Å². The number of alkyl halides is 3. The van der Waals surface area contributed by atoms with Crippen LogP contribution >= 0.6 is 0 Å². The SMILES string of the molecule is CC(C)(C)c1ccc(Oc2ccc(C=NNc3ccc(C(F)(F)F)cc3)cc2)cc1. The van der Waals surface area contributed by atoms with Crippen LogP contribution in [-0.2, 0) is 11.6 Å². The zero-order valence-electron chi connectivity index (χ0n) is 17.0. The summed E-state index contributed by atoms with van der Waals surface area (Å²) in [5.41, 5.74) is 4.64. The van der Waals surface area contributed by atoms with Gasteiger partial charge in [0.05, 0.1) is 17.5 Å². The number of hydrogen-bond donors (Lipinski definition) is 1. The van der Waals surface area contributed by atoms with Crippen LogP contribution in [0, 0.1) is 0 Å². The highest BCUT2D eigenvalue weighted by molar-refractivity contribution is 5.80. The molecule has 3 aromatic rings. The average molecular weight is 412 g/mol. The van der Waals surface area contributed by atoms with E-state index < -0.39 is 11.7 Å². The van der Waals surface area contributed by atoms with Gasteiger partial charge in [-0.3, -0.25) is 5.43 Å². The Hall–Kier alpha value is -3.28. The van der Waals surface area contributed by atoms with Gasteiger partial charge in [-0.1, -0.05) is 32.9 Å². The number of nitrogens with zero attached hydrogens (tertiary/aromatic N) is 1. The molecule has 0 aliphatic carbocycles. The molecule has 1 N–H and O–H groups in total. The van der Waals surface area contributed by atoms with Crippen LogP contribution in [0.1, 0.15) is 37.5 Å². The molecule has 0 spiro atoms. The number of anilines is 1. The molecule has 0 saturated heterocycles. The minimum absolute atomic E-state index is 0.0912. The highest BCUT2D eigenvalue weighted by atomic mass is 19.4. The van der Waals surface area contributed by atoms with Crippen molar-refractivity contribution >= 4 is 11.9 Å². The molecule has 6 heteroatoms. The summed E-state index contributed by atoms with van der Waals surface area (Å²) in [7, 11) is 0. The molecule has 0 aliphatic rings. The molecular formula is C24H23F3N2O. The van der Waals surface area contributed by atoms with Gasteiger partial charge < -0.3 is 4.74 Å². The van der Waals surface area contributed by atoms with Crippen LogP contribution < -0.4 is 10.2 Å². The second-order valence-corrected chi connectivity index (χ2v) is 7.89. The molecule has 30 heavy (non-hydrogen) atoms. The minimum Gasteiger partial charge on any atom is -0.457 e. The van der Waals surface area contributed by atoms with E-state index in [1.807, 2.05) is 36.4 Å². The summed E-state index contributed by atoms with van der Waals surface area (Å²) in [6.45, 7) is 6.49. The van der Waals surface area contributed by atoms with Gasteiger partial charge in [0.15, 0.2) is 0 Å². The lowest BCUT2D eigenvalue weighted by atomic mass is 9.87. The van der Waals surface area contributed by atoms with Crippen molar-refractivity contribution in [2.45, 2.75) is 32.4 Å². The molecule has 3 aromatic carbocycles. The monoisotopic (exact) mass is 412 g/mol. The van der Waals surface area contributed by atoms with Gasteiger partial charge in [-0.25, -0.2) is 0 Å².